The number of aromatic nitrogens is 2. The Balaban J connectivity index is 1.05. The molecule has 0 aromatic rings. The molecular weight excluding hydrogens is 360 g/mol. The van der Waals surface area contributed by atoms with Crippen molar-refractivity contribution in [1.82, 2.24) is 20.2 Å². The first-order valence-corrected chi connectivity index (χ1v) is 11.7. The van der Waals surface area contributed by atoms with Crippen LogP contribution in [0.4, 0.5) is 4.79 Å². The van der Waals surface area contributed by atoms with Crippen molar-refractivity contribution in [3.63, 3.8) is 0 Å². The van der Waals surface area contributed by atoms with Crippen molar-refractivity contribution in [2.75, 3.05) is 0 Å². The van der Waals surface area contributed by atoms with E-state index in [4.69, 9.17) is 0 Å². The van der Waals surface area contributed by atoms with Crippen LogP contribution in [0.2, 0.25) is 0 Å². The fraction of sp³-hybridized carbons (Fsp3) is 0.667. The van der Waals surface area contributed by atoms with E-state index in [0.29, 0.717) is 12.1 Å². The Morgan fingerprint density at radius 2 is 1.69 bits per heavy atom. The van der Waals surface area contributed by atoms with Gasteiger partial charge in [0.05, 0.1) is 0 Å². The van der Waals surface area contributed by atoms with Gasteiger partial charge in [-0.2, -0.15) is 0 Å². The largest absolute Gasteiger partial charge is 0.335 e. The standard InChI is InChI=1S/C24H32N4O/c29-23(27-24-13-16-10-17(14-24)12-18(11-16)15-24)26-20-3-5-21(6-4-20)28-9-1-2-19-7-8-25-22(19)28/h1-2,7-9,16-18,20-21H,3-6,10-15H2,(H2,26,27,29). The van der Waals surface area contributed by atoms with Crippen LogP contribution >= 0.6 is 0 Å². The normalized spacial score (nSPS) is 38.3. The van der Waals surface area contributed by atoms with Crippen molar-refractivity contribution in [3.8, 4) is 11.4 Å². The molecule has 7 aliphatic rings. The van der Waals surface area contributed by atoms with Crippen LogP contribution in [0, 0.1) is 17.8 Å². The van der Waals surface area contributed by atoms with Crippen LogP contribution in [0.5, 0.6) is 0 Å². The zero-order valence-corrected chi connectivity index (χ0v) is 17.1. The summed E-state index contributed by atoms with van der Waals surface area (Å²) < 4.78 is 2.33. The fourth-order valence-corrected chi connectivity index (χ4v) is 7.51. The van der Waals surface area contributed by atoms with E-state index >= 15 is 0 Å². The maximum atomic E-state index is 12.9. The highest BCUT2D eigenvalue weighted by Gasteiger charge is 2.51. The van der Waals surface area contributed by atoms with Crippen molar-refractivity contribution in [2.45, 2.75) is 81.8 Å². The smallest absolute Gasteiger partial charge is 0.315 e. The Kier molecular flexibility index (Phi) is 4.14. The molecule has 5 nitrogen and oxygen atoms in total. The third kappa shape index (κ3) is 3.23. The summed E-state index contributed by atoms with van der Waals surface area (Å²) in [5.74, 6) is 3.67. The Morgan fingerprint density at radius 1 is 1.00 bits per heavy atom. The molecule has 29 heavy (non-hydrogen) atoms. The molecule has 0 atom stereocenters. The van der Waals surface area contributed by atoms with E-state index in [1.165, 1.54) is 44.1 Å². The maximum absolute atomic E-state index is 12.9. The van der Waals surface area contributed by atoms with E-state index in [9.17, 15) is 4.79 Å². The van der Waals surface area contributed by atoms with Crippen LogP contribution < -0.4 is 10.6 Å². The summed E-state index contributed by atoms with van der Waals surface area (Å²) in [5, 5.41) is 6.79. The van der Waals surface area contributed by atoms with Gasteiger partial charge in [0.1, 0.15) is 5.82 Å². The average Bonchev–Trinajstić information content (AvgIpc) is 3.16. The number of amides is 2. The second kappa shape index (κ2) is 6.75. The van der Waals surface area contributed by atoms with Gasteiger partial charge in [0, 0.05) is 35.6 Å². The third-order valence-electron chi connectivity index (χ3n) is 8.32. The second-order valence-electron chi connectivity index (χ2n) is 10.4. The molecule has 154 valence electrons. The molecule has 0 spiro atoms. The minimum Gasteiger partial charge on any atom is -0.335 e. The summed E-state index contributed by atoms with van der Waals surface area (Å²) in [5.41, 5.74) is 1.31. The Bertz CT molecular complexity index is 830. The number of nitrogens with zero attached hydrogens (tertiary/aromatic N) is 2. The molecule has 0 aromatic carbocycles. The summed E-state index contributed by atoms with van der Waals surface area (Å²) in [7, 11) is 0. The molecular formula is C24H32N4O. The zero-order valence-electron chi connectivity index (χ0n) is 17.1. The summed E-state index contributed by atoms with van der Waals surface area (Å²) in [6.07, 6.45) is 16.2. The van der Waals surface area contributed by atoms with E-state index in [1.807, 2.05) is 6.20 Å². The number of hydrogen-bond donors (Lipinski definition) is 2. The lowest BCUT2D eigenvalue weighted by molar-refractivity contribution is -0.0137. The Morgan fingerprint density at radius 3 is 2.38 bits per heavy atom. The highest BCUT2D eigenvalue weighted by atomic mass is 16.2. The SMILES string of the molecule is O=C(NC1CCC(n2cccc3ccnc2-3)CC1)NC12CC3CC(CC(C3)C1)C2. The third-order valence-corrected chi connectivity index (χ3v) is 8.32. The first kappa shape index (κ1) is 17.8. The summed E-state index contributed by atoms with van der Waals surface area (Å²) in [6, 6.07) is 7.19. The quantitative estimate of drug-likeness (QED) is 0.793. The number of rotatable bonds is 3. The molecule has 5 fully saturated rings. The molecule has 0 aromatic heterocycles. The van der Waals surface area contributed by atoms with Gasteiger partial charge in [-0.05, 0) is 100 Å². The maximum Gasteiger partial charge on any atom is 0.315 e. The minimum atomic E-state index is 0.0860. The van der Waals surface area contributed by atoms with E-state index < -0.39 is 0 Å². The van der Waals surface area contributed by atoms with Crippen LogP contribution in [0.25, 0.3) is 11.4 Å². The molecule has 0 unspecified atom stereocenters. The van der Waals surface area contributed by atoms with Crippen LogP contribution in [-0.2, 0) is 0 Å². The number of carbonyl (C=O) groups is 1. The summed E-state index contributed by atoms with van der Waals surface area (Å²) in [4.78, 5) is 17.4. The molecule has 5 saturated carbocycles. The van der Waals surface area contributed by atoms with Gasteiger partial charge in [0.2, 0.25) is 0 Å². The van der Waals surface area contributed by atoms with Gasteiger partial charge >= 0.3 is 6.03 Å². The molecule has 5 aliphatic carbocycles. The number of carbonyl (C=O) groups excluding carboxylic acids is 1. The summed E-state index contributed by atoms with van der Waals surface area (Å²) >= 11 is 0. The van der Waals surface area contributed by atoms with Crippen molar-refractivity contribution in [3.05, 3.63) is 30.6 Å². The molecule has 2 amide bonds. The summed E-state index contributed by atoms with van der Waals surface area (Å²) in [6.45, 7) is 0. The van der Waals surface area contributed by atoms with Gasteiger partial charge in [0.15, 0.2) is 0 Å². The van der Waals surface area contributed by atoms with Crippen LogP contribution in [0.1, 0.15) is 70.3 Å². The predicted molar refractivity (Wildman–Crippen MR) is 113 cm³/mol. The zero-order chi connectivity index (χ0) is 19.4. The number of urea groups is 1. The van der Waals surface area contributed by atoms with Crippen molar-refractivity contribution in [1.29, 1.82) is 0 Å². The lowest BCUT2D eigenvalue weighted by atomic mass is 9.53. The van der Waals surface area contributed by atoms with Crippen LogP contribution in [-0.4, -0.2) is 27.2 Å². The average molecular weight is 393 g/mol. The molecule has 2 heterocycles. The highest BCUT2D eigenvalue weighted by molar-refractivity contribution is 5.75. The highest BCUT2D eigenvalue weighted by Crippen LogP contribution is 2.55. The van der Waals surface area contributed by atoms with Crippen molar-refractivity contribution in [2.24, 2.45) is 17.8 Å². The molecule has 7 rings (SSSR count). The van der Waals surface area contributed by atoms with E-state index in [0.717, 1.165) is 49.3 Å². The monoisotopic (exact) mass is 392 g/mol. The lowest BCUT2D eigenvalue weighted by Gasteiger charge is -2.56. The van der Waals surface area contributed by atoms with Crippen LogP contribution in [0.3, 0.4) is 0 Å². The molecule has 2 N–H and O–H groups in total. The predicted octanol–water partition coefficient (Wildman–Crippen LogP) is 4.74. The fourth-order valence-electron chi connectivity index (χ4n) is 7.51. The molecule has 0 saturated heterocycles. The van der Waals surface area contributed by atoms with Gasteiger partial charge in [-0.25, -0.2) is 9.78 Å². The van der Waals surface area contributed by atoms with E-state index in [2.05, 4.69) is 44.6 Å². The molecule has 5 heteroatoms. The van der Waals surface area contributed by atoms with Gasteiger partial charge in [-0.15, -0.1) is 0 Å². The van der Waals surface area contributed by atoms with E-state index in [1.54, 1.807) is 0 Å². The minimum absolute atomic E-state index is 0.0860. The molecule has 2 aliphatic heterocycles. The van der Waals surface area contributed by atoms with Gasteiger partial charge in [0.25, 0.3) is 0 Å². The van der Waals surface area contributed by atoms with Gasteiger partial charge in [-0.1, -0.05) is 0 Å². The van der Waals surface area contributed by atoms with E-state index in [-0.39, 0.29) is 11.6 Å². The number of nitrogens with one attached hydrogen (secondary N) is 2. The van der Waals surface area contributed by atoms with Gasteiger partial charge in [-0.3, -0.25) is 0 Å². The van der Waals surface area contributed by atoms with Crippen molar-refractivity contribution >= 4 is 6.03 Å². The molecule has 4 bridgehead atoms. The number of hydrogen-bond acceptors (Lipinski definition) is 2. The Hall–Kier alpha value is -2.04. The molecule has 0 radical (unpaired) electrons. The lowest BCUT2D eigenvalue weighted by Crippen LogP contribution is -2.62. The first-order chi connectivity index (χ1) is 14.2. The Labute approximate surface area is 173 Å². The number of pyridine rings is 1. The topological polar surface area (TPSA) is 59.0 Å². The second-order valence-corrected chi connectivity index (χ2v) is 10.4. The van der Waals surface area contributed by atoms with Gasteiger partial charge < -0.3 is 15.2 Å². The number of fused-ring (bicyclic) bond motifs is 1. The van der Waals surface area contributed by atoms with Crippen LogP contribution in [0.15, 0.2) is 30.6 Å². The van der Waals surface area contributed by atoms with Crippen molar-refractivity contribution < 1.29 is 4.79 Å². The first-order valence-electron chi connectivity index (χ1n) is 11.7.